The summed E-state index contributed by atoms with van der Waals surface area (Å²) in [5.74, 6) is 0.203. The number of cyclic esters (lactones) is 1. The predicted molar refractivity (Wildman–Crippen MR) is 81.2 cm³/mol. The highest BCUT2D eigenvalue weighted by Gasteiger charge is 2.36. The van der Waals surface area contributed by atoms with Crippen LogP contribution < -0.4 is 0 Å². The Morgan fingerprint density at radius 1 is 1.55 bits per heavy atom. The SMILES string of the molecule is CC(C)[C@H]1COC(=O)N1CC(=O)N(C)CCCn1cccn1. The molecular formula is C15H24N4O3. The van der Waals surface area contributed by atoms with Gasteiger partial charge in [0, 0.05) is 32.5 Å². The second-order valence-electron chi connectivity index (χ2n) is 5.95. The first-order valence-electron chi connectivity index (χ1n) is 7.64. The van der Waals surface area contributed by atoms with Gasteiger partial charge in [-0.05, 0) is 18.4 Å². The maximum absolute atomic E-state index is 12.3. The zero-order valence-electron chi connectivity index (χ0n) is 13.4. The Hall–Kier alpha value is -2.05. The number of amides is 2. The third kappa shape index (κ3) is 3.99. The number of ether oxygens (including phenoxy) is 1. The Balaban J connectivity index is 1.79. The average molecular weight is 308 g/mol. The smallest absolute Gasteiger partial charge is 0.410 e. The molecular weight excluding hydrogens is 284 g/mol. The number of nitrogens with zero attached hydrogens (tertiary/aromatic N) is 4. The van der Waals surface area contributed by atoms with Crippen LogP contribution in [0.1, 0.15) is 20.3 Å². The van der Waals surface area contributed by atoms with Gasteiger partial charge in [0.15, 0.2) is 0 Å². The first-order valence-corrected chi connectivity index (χ1v) is 7.64. The number of aromatic nitrogens is 2. The van der Waals surface area contributed by atoms with Crippen LogP contribution in [0.4, 0.5) is 4.79 Å². The zero-order valence-corrected chi connectivity index (χ0v) is 13.4. The first-order chi connectivity index (χ1) is 10.5. The number of carbonyl (C=O) groups excluding carboxylic acids is 2. The molecule has 0 saturated carbocycles. The zero-order chi connectivity index (χ0) is 16.1. The average Bonchev–Trinajstić information content (AvgIpc) is 3.09. The molecule has 0 aromatic carbocycles. The molecule has 2 heterocycles. The summed E-state index contributed by atoms with van der Waals surface area (Å²) in [4.78, 5) is 27.2. The van der Waals surface area contributed by atoms with E-state index in [0.717, 1.165) is 13.0 Å². The molecule has 1 aliphatic heterocycles. The van der Waals surface area contributed by atoms with E-state index in [0.29, 0.717) is 13.2 Å². The largest absolute Gasteiger partial charge is 0.447 e. The summed E-state index contributed by atoms with van der Waals surface area (Å²) in [6.45, 7) is 5.90. The van der Waals surface area contributed by atoms with Crippen LogP contribution in [0.2, 0.25) is 0 Å². The normalized spacial score (nSPS) is 17.9. The Morgan fingerprint density at radius 2 is 2.32 bits per heavy atom. The van der Waals surface area contributed by atoms with Crippen molar-refractivity contribution in [2.45, 2.75) is 32.9 Å². The van der Waals surface area contributed by atoms with E-state index in [1.54, 1.807) is 18.1 Å². The molecule has 2 amide bonds. The highest BCUT2D eigenvalue weighted by Crippen LogP contribution is 2.19. The quantitative estimate of drug-likeness (QED) is 0.759. The lowest BCUT2D eigenvalue weighted by atomic mass is 10.0. The van der Waals surface area contributed by atoms with Crippen molar-refractivity contribution >= 4 is 12.0 Å². The highest BCUT2D eigenvalue weighted by atomic mass is 16.6. The van der Waals surface area contributed by atoms with E-state index in [2.05, 4.69) is 5.10 Å². The fourth-order valence-corrected chi connectivity index (χ4v) is 2.49. The third-order valence-corrected chi connectivity index (χ3v) is 3.95. The first kappa shape index (κ1) is 16.3. The minimum atomic E-state index is -0.392. The Morgan fingerprint density at radius 3 is 2.95 bits per heavy atom. The Bertz CT molecular complexity index is 501. The second kappa shape index (κ2) is 7.29. The van der Waals surface area contributed by atoms with Gasteiger partial charge in [-0.3, -0.25) is 14.4 Å². The van der Waals surface area contributed by atoms with Crippen molar-refractivity contribution in [1.82, 2.24) is 19.6 Å². The van der Waals surface area contributed by atoms with Crippen molar-refractivity contribution in [2.75, 3.05) is 26.7 Å². The summed E-state index contributed by atoms with van der Waals surface area (Å²) in [6.07, 6.45) is 4.06. The topological polar surface area (TPSA) is 67.7 Å². The van der Waals surface area contributed by atoms with Crippen LogP contribution in [-0.2, 0) is 16.1 Å². The fourth-order valence-electron chi connectivity index (χ4n) is 2.49. The van der Waals surface area contributed by atoms with Crippen molar-refractivity contribution in [3.63, 3.8) is 0 Å². The number of rotatable bonds is 7. The lowest BCUT2D eigenvalue weighted by molar-refractivity contribution is -0.130. The molecule has 2 rings (SSSR count). The number of aryl methyl sites for hydroxylation is 1. The van der Waals surface area contributed by atoms with Crippen LogP contribution in [0.3, 0.4) is 0 Å². The molecule has 1 saturated heterocycles. The van der Waals surface area contributed by atoms with Crippen LogP contribution in [0.15, 0.2) is 18.5 Å². The summed E-state index contributed by atoms with van der Waals surface area (Å²) in [7, 11) is 1.76. The van der Waals surface area contributed by atoms with E-state index in [4.69, 9.17) is 4.74 Å². The van der Waals surface area contributed by atoms with E-state index >= 15 is 0 Å². The molecule has 0 radical (unpaired) electrons. The number of hydrogen-bond acceptors (Lipinski definition) is 4. The summed E-state index contributed by atoms with van der Waals surface area (Å²) in [6, 6.07) is 1.86. The van der Waals surface area contributed by atoms with E-state index < -0.39 is 6.09 Å². The molecule has 7 nitrogen and oxygen atoms in total. The maximum Gasteiger partial charge on any atom is 0.410 e. The van der Waals surface area contributed by atoms with Crippen molar-refractivity contribution in [2.24, 2.45) is 5.92 Å². The number of likely N-dealkylation sites (N-methyl/N-ethyl adjacent to an activating group) is 1. The molecule has 0 unspecified atom stereocenters. The van der Waals surface area contributed by atoms with E-state index in [-0.39, 0.29) is 24.4 Å². The molecule has 0 aliphatic carbocycles. The standard InChI is InChI=1S/C15H24N4O3/c1-12(2)13-11-22-15(21)19(13)10-14(20)17(3)7-5-9-18-8-4-6-16-18/h4,6,8,12-13H,5,7,9-11H2,1-3H3/t13-/m1/s1. The van der Waals surface area contributed by atoms with Crippen LogP contribution >= 0.6 is 0 Å². The van der Waals surface area contributed by atoms with Gasteiger partial charge in [0.05, 0.1) is 6.04 Å². The van der Waals surface area contributed by atoms with Crippen molar-refractivity contribution in [3.05, 3.63) is 18.5 Å². The Labute approximate surface area is 130 Å². The number of hydrogen-bond donors (Lipinski definition) is 0. The minimum absolute atomic E-state index is 0.0195. The van der Waals surface area contributed by atoms with E-state index in [1.165, 1.54) is 4.90 Å². The van der Waals surface area contributed by atoms with Crippen LogP contribution in [0.5, 0.6) is 0 Å². The summed E-state index contributed by atoms with van der Waals surface area (Å²) >= 11 is 0. The second-order valence-corrected chi connectivity index (χ2v) is 5.95. The summed E-state index contributed by atoms with van der Waals surface area (Å²) in [5.41, 5.74) is 0. The molecule has 1 fully saturated rings. The van der Waals surface area contributed by atoms with Gasteiger partial charge in [-0.25, -0.2) is 4.79 Å². The molecule has 122 valence electrons. The molecule has 1 aromatic rings. The van der Waals surface area contributed by atoms with E-state index in [1.807, 2.05) is 30.8 Å². The van der Waals surface area contributed by atoms with Crippen LogP contribution in [0, 0.1) is 5.92 Å². The monoisotopic (exact) mass is 308 g/mol. The van der Waals surface area contributed by atoms with Gasteiger partial charge in [0.2, 0.25) is 5.91 Å². The minimum Gasteiger partial charge on any atom is -0.447 e. The molecule has 1 aliphatic rings. The molecule has 1 aromatic heterocycles. The Kier molecular flexibility index (Phi) is 5.41. The molecule has 22 heavy (non-hydrogen) atoms. The van der Waals surface area contributed by atoms with Gasteiger partial charge < -0.3 is 9.64 Å². The van der Waals surface area contributed by atoms with Crippen LogP contribution in [-0.4, -0.2) is 64.4 Å². The van der Waals surface area contributed by atoms with Gasteiger partial charge in [0.1, 0.15) is 13.2 Å². The lowest BCUT2D eigenvalue weighted by Crippen LogP contribution is -2.44. The van der Waals surface area contributed by atoms with Gasteiger partial charge >= 0.3 is 6.09 Å². The fraction of sp³-hybridized carbons (Fsp3) is 0.667. The lowest BCUT2D eigenvalue weighted by Gasteiger charge is -2.26. The molecule has 7 heteroatoms. The van der Waals surface area contributed by atoms with Crippen molar-refractivity contribution < 1.29 is 14.3 Å². The highest BCUT2D eigenvalue weighted by molar-refractivity contribution is 5.83. The molecule has 0 N–H and O–H groups in total. The molecule has 0 spiro atoms. The predicted octanol–water partition coefficient (Wildman–Crippen LogP) is 1.21. The van der Waals surface area contributed by atoms with Gasteiger partial charge in [-0.2, -0.15) is 5.10 Å². The van der Waals surface area contributed by atoms with Gasteiger partial charge in [0.25, 0.3) is 0 Å². The van der Waals surface area contributed by atoms with Crippen molar-refractivity contribution in [1.29, 1.82) is 0 Å². The summed E-state index contributed by atoms with van der Waals surface area (Å²) < 4.78 is 6.89. The van der Waals surface area contributed by atoms with Gasteiger partial charge in [-0.1, -0.05) is 13.8 Å². The van der Waals surface area contributed by atoms with Gasteiger partial charge in [-0.15, -0.1) is 0 Å². The third-order valence-electron chi connectivity index (χ3n) is 3.95. The molecule has 1 atom stereocenters. The summed E-state index contributed by atoms with van der Waals surface area (Å²) in [5, 5.41) is 4.12. The van der Waals surface area contributed by atoms with Crippen molar-refractivity contribution in [3.8, 4) is 0 Å². The maximum atomic E-state index is 12.3. The molecule has 0 bridgehead atoms. The number of carbonyl (C=O) groups is 2. The van der Waals surface area contributed by atoms with E-state index in [9.17, 15) is 9.59 Å². The van der Waals surface area contributed by atoms with Crippen LogP contribution in [0.25, 0.3) is 0 Å².